The van der Waals surface area contributed by atoms with Crippen molar-refractivity contribution >= 4 is 28.9 Å². The van der Waals surface area contributed by atoms with Crippen LogP contribution in [0.25, 0.3) is 0 Å². The minimum atomic E-state index is -1.54. The van der Waals surface area contributed by atoms with E-state index >= 15 is 0 Å². The molecule has 1 atom stereocenters. The van der Waals surface area contributed by atoms with E-state index in [9.17, 15) is 9.59 Å². The molecule has 0 radical (unpaired) electrons. The minimum Gasteiger partial charge on any atom is -0.350 e. The van der Waals surface area contributed by atoms with E-state index in [0.717, 1.165) is 5.56 Å². The van der Waals surface area contributed by atoms with Crippen molar-refractivity contribution in [3.05, 3.63) is 96.6 Å². The molecule has 0 saturated heterocycles. The topological polar surface area (TPSA) is 85.8 Å². The summed E-state index contributed by atoms with van der Waals surface area (Å²) in [7, 11) is 0. The lowest BCUT2D eigenvalue weighted by Crippen LogP contribution is -2.64. The van der Waals surface area contributed by atoms with E-state index in [-0.39, 0.29) is 11.8 Å². The molecule has 1 aliphatic heterocycles. The number of benzene rings is 3. The molecule has 1 unspecified atom stereocenters. The molecule has 1 aliphatic rings. The minimum absolute atomic E-state index is 0.347. The van der Waals surface area contributed by atoms with E-state index in [2.05, 4.69) is 34.9 Å². The number of hydrogen-bond acceptors (Lipinski definition) is 5. The van der Waals surface area contributed by atoms with Crippen LogP contribution in [0.1, 0.15) is 52.0 Å². The average molecular weight is 514 g/mol. The van der Waals surface area contributed by atoms with Crippen molar-refractivity contribution < 1.29 is 9.59 Å². The number of para-hydroxylation sites is 2. The van der Waals surface area contributed by atoms with E-state index < -0.39 is 5.66 Å². The highest BCUT2D eigenvalue weighted by Crippen LogP contribution is 2.31. The first-order valence-corrected chi connectivity index (χ1v) is 13.4. The van der Waals surface area contributed by atoms with E-state index in [0.29, 0.717) is 17.1 Å². The Labute approximate surface area is 226 Å². The van der Waals surface area contributed by atoms with Gasteiger partial charge in [0.05, 0.1) is 5.69 Å². The van der Waals surface area contributed by atoms with Gasteiger partial charge in [0.1, 0.15) is 5.71 Å². The van der Waals surface area contributed by atoms with Gasteiger partial charge in [-0.25, -0.2) is 0 Å². The van der Waals surface area contributed by atoms with Gasteiger partial charge in [0, 0.05) is 18.2 Å². The van der Waals surface area contributed by atoms with Crippen LogP contribution in [0.4, 0.5) is 11.4 Å². The quantitative estimate of drug-likeness (QED) is 0.232. The van der Waals surface area contributed by atoms with Crippen LogP contribution in [0.5, 0.6) is 0 Å². The van der Waals surface area contributed by atoms with Crippen LogP contribution in [0.15, 0.2) is 96.1 Å². The molecule has 2 amide bonds. The first-order valence-electron chi connectivity index (χ1n) is 13.4. The molecule has 7 nitrogen and oxygen atoms in total. The Balaban J connectivity index is 0.000000383. The molecule has 3 N–H and O–H groups in total. The van der Waals surface area contributed by atoms with Crippen molar-refractivity contribution in [1.82, 2.24) is 10.6 Å². The zero-order valence-corrected chi connectivity index (χ0v) is 22.6. The molecule has 3 aromatic rings. The van der Waals surface area contributed by atoms with Crippen molar-refractivity contribution in [2.75, 3.05) is 23.4 Å². The molecular weight excluding hydrogens is 474 g/mol. The predicted molar refractivity (Wildman–Crippen MR) is 156 cm³/mol. The van der Waals surface area contributed by atoms with Gasteiger partial charge in [0.15, 0.2) is 0 Å². The molecule has 0 aliphatic carbocycles. The zero-order valence-electron chi connectivity index (χ0n) is 22.6. The first-order chi connectivity index (χ1) is 18.5. The molecule has 0 saturated carbocycles. The molecule has 38 heavy (non-hydrogen) atoms. The number of rotatable bonds is 11. The Bertz CT molecular complexity index is 1160. The Kier molecular flexibility index (Phi) is 11.1. The smallest absolute Gasteiger partial charge is 0.300 e. The second-order valence-electron chi connectivity index (χ2n) is 9.15. The Morgan fingerprint density at radius 2 is 1.34 bits per heavy atom. The molecule has 0 spiro atoms. The molecule has 1 heterocycles. The standard InChI is InChI=1S/C23H20N4O2.C8H19N/c1-17(28)24-23(25-19-13-7-3-8-14-19)21(18-11-5-2-6-12-18)26-27(22(23)29)20-15-9-4-10-16-20;1-3-5-7-9-8-6-4-2/h2-16,25H,1H3,(H,24,28);9H,3-8H2,1-2H3. The van der Waals surface area contributed by atoms with Gasteiger partial charge in [-0.1, -0.05) is 93.4 Å². The Morgan fingerprint density at radius 1 is 0.816 bits per heavy atom. The lowest BCUT2D eigenvalue weighted by atomic mass is 9.95. The van der Waals surface area contributed by atoms with Gasteiger partial charge < -0.3 is 16.0 Å². The van der Waals surface area contributed by atoms with Crippen LogP contribution in [-0.4, -0.2) is 36.3 Å². The number of unbranched alkanes of at least 4 members (excludes halogenated alkanes) is 2. The maximum Gasteiger partial charge on any atom is 0.300 e. The van der Waals surface area contributed by atoms with Gasteiger partial charge in [-0.3, -0.25) is 9.59 Å². The largest absolute Gasteiger partial charge is 0.350 e. The third kappa shape index (κ3) is 7.52. The maximum absolute atomic E-state index is 13.7. The highest BCUT2D eigenvalue weighted by Gasteiger charge is 2.53. The lowest BCUT2D eigenvalue weighted by molar-refractivity contribution is -0.127. The van der Waals surface area contributed by atoms with Gasteiger partial charge in [0.2, 0.25) is 11.6 Å². The summed E-state index contributed by atoms with van der Waals surface area (Å²) in [6, 6.07) is 27.8. The number of hydrazone groups is 1. The number of anilines is 2. The van der Waals surface area contributed by atoms with Gasteiger partial charge in [-0.05, 0) is 50.2 Å². The molecule has 4 rings (SSSR count). The molecule has 200 valence electrons. The van der Waals surface area contributed by atoms with Crippen molar-refractivity contribution in [2.24, 2.45) is 5.10 Å². The summed E-state index contributed by atoms with van der Waals surface area (Å²) < 4.78 is 0. The number of amides is 2. The molecule has 3 aromatic carbocycles. The number of nitrogens with one attached hydrogen (secondary N) is 3. The molecule has 0 aromatic heterocycles. The number of carbonyl (C=O) groups excluding carboxylic acids is 2. The summed E-state index contributed by atoms with van der Waals surface area (Å²) in [6.07, 6.45) is 5.26. The summed E-state index contributed by atoms with van der Waals surface area (Å²) in [4.78, 5) is 25.9. The van der Waals surface area contributed by atoms with Crippen molar-refractivity contribution in [3.63, 3.8) is 0 Å². The van der Waals surface area contributed by atoms with E-state index in [1.807, 2.05) is 78.9 Å². The highest BCUT2D eigenvalue weighted by molar-refractivity contribution is 6.30. The Hall–Kier alpha value is -3.97. The maximum atomic E-state index is 13.7. The lowest BCUT2D eigenvalue weighted by Gasteiger charge is -2.31. The summed E-state index contributed by atoms with van der Waals surface area (Å²) >= 11 is 0. The summed E-state index contributed by atoms with van der Waals surface area (Å²) in [5.41, 5.74) is 0.924. The third-order valence-corrected chi connectivity index (χ3v) is 6.00. The van der Waals surface area contributed by atoms with Crippen molar-refractivity contribution in [2.45, 2.75) is 52.1 Å². The van der Waals surface area contributed by atoms with Gasteiger partial charge in [-0.15, -0.1) is 0 Å². The van der Waals surface area contributed by atoms with Crippen LogP contribution < -0.4 is 21.0 Å². The molecule has 0 bridgehead atoms. The SMILES string of the molecule is CC(=O)NC1(Nc2ccccc2)C(=O)N(c2ccccc2)N=C1c1ccccc1.CCCCNCCCC. The van der Waals surface area contributed by atoms with Gasteiger partial charge in [0.25, 0.3) is 0 Å². The Morgan fingerprint density at radius 3 is 1.87 bits per heavy atom. The monoisotopic (exact) mass is 513 g/mol. The number of carbonyl (C=O) groups is 2. The summed E-state index contributed by atoms with van der Waals surface area (Å²) in [6.45, 7) is 8.24. The summed E-state index contributed by atoms with van der Waals surface area (Å²) in [5, 5.41) is 15.4. The molecular formula is C31H39N5O2. The first kappa shape index (κ1) is 28.6. The van der Waals surface area contributed by atoms with Crippen LogP contribution in [0.3, 0.4) is 0 Å². The van der Waals surface area contributed by atoms with Crippen LogP contribution in [-0.2, 0) is 9.59 Å². The van der Waals surface area contributed by atoms with Crippen molar-refractivity contribution in [3.8, 4) is 0 Å². The third-order valence-electron chi connectivity index (χ3n) is 6.00. The normalized spacial score (nSPS) is 16.3. The number of nitrogens with zero attached hydrogens (tertiary/aromatic N) is 2. The van der Waals surface area contributed by atoms with Gasteiger partial charge in [-0.2, -0.15) is 10.1 Å². The number of hydrogen-bond donors (Lipinski definition) is 3. The van der Waals surface area contributed by atoms with E-state index in [4.69, 9.17) is 0 Å². The van der Waals surface area contributed by atoms with E-state index in [1.165, 1.54) is 50.7 Å². The van der Waals surface area contributed by atoms with Gasteiger partial charge >= 0.3 is 5.91 Å². The highest BCUT2D eigenvalue weighted by atomic mass is 16.2. The fourth-order valence-corrected chi connectivity index (χ4v) is 4.08. The fraction of sp³-hybridized carbons (Fsp3) is 0.323. The molecule has 0 fully saturated rings. The average Bonchev–Trinajstić information content (AvgIpc) is 3.21. The zero-order chi connectivity index (χ0) is 27.2. The fourth-order valence-electron chi connectivity index (χ4n) is 4.08. The molecule has 7 heteroatoms. The van der Waals surface area contributed by atoms with E-state index in [1.54, 1.807) is 12.1 Å². The van der Waals surface area contributed by atoms with Crippen LogP contribution >= 0.6 is 0 Å². The predicted octanol–water partition coefficient (Wildman–Crippen LogP) is 5.56. The summed E-state index contributed by atoms with van der Waals surface area (Å²) in [5.74, 6) is -0.734. The van der Waals surface area contributed by atoms with Crippen LogP contribution in [0.2, 0.25) is 0 Å². The second kappa shape index (κ2) is 14.7. The van der Waals surface area contributed by atoms with Crippen LogP contribution in [0, 0.1) is 0 Å². The van der Waals surface area contributed by atoms with Crippen molar-refractivity contribution in [1.29, 1.82) is 0 Å². The second-order valence-corrected chi connectivity index (χ2v) is 9.15.